The lowest BCUT2D eigenvalue weighted by molar-refractivity contribution is -0.258. The van der Waals surface area contributed by atoms with Gasteiger partial charge in [-0.05, 0) is 33.7 Å². The second kappa shape index (κ2) is 9.68. The number of hydrogen-bond acceptors (Lipinski definition) is 12. The number of methoxy groups -OCH3 is 1. The number of carboxylic acids is 2. The van der Waals surface area contributed by atoms with Gasteiger partial charge in [0, 0.05) is 19.9 Å². The number of rotatable bonds is 9. The number of β-lactam (4-membered cyclic amide) rings is 1. The van der Waals surface area contributed by atoms with Crippen molar-refractivity contribution in [2.75, 3.05) is 19.5 Å². The Morgan fingerprint density at radius 1 is 1.30 bits per heavy atom. The zero-order chi connectivity index (χ0) is 27.1. The highest BCUT2D eigenvalue weighted by Crippen LogP contribution is 2.41. The van der Waals surface area contributed by atoms with Gasteiger partial charge in [0.25, 0.3) is 11.6 Å². The van der Waals surface area contributed by atoms with Crippen LogP contribution in [-0.4, -0.2) is 101 Å². The number of ether oxygens (including phenoxy) is 2. The third-order valence-electron chi connectivity index (χ3n) is 5.74. The van der Waals surface area contributed by atoms with Crippen molar-refractivity contribution >= 4 is 35.5 Å². The molecule has 3 atom stereocenters. The highest BCUT2D eigenvalue weighted by atomic mass is 32.2. The molecule has 1 unspecified atom stereocenters. The Kier molecular flexibility index (Phi) is 6.76. The molecule has 0 aliphatic carbocycles. The van der Waals surface area contributed by atoms with Crippen molar-refractivity contribution in [2.45, 2.75) is 23.0 Å². The van der Waals surface area contributed by atoms with Crippen LogP contribution in [0, 0.1) is 0 Å². The molecule has 196 valence electrons. The minimum atomic E-state index is -2.21. The van der Waals surface area contributed by atoms with Crippen molar-refractivity contribution in [3.63, 3.8) is 0 Å². The van der Waals surface area contributed by atoms with Crippen molar-refractivity contribution in [2.24, 2.45) is 7.05 Å². The Balaban J connectivity index is 1.59. The fraction of sp³-hybridized carbons (Fsp3) is 0.350. The zero-order valence-electron chi connectivity index (χ0n) is 19.2. The summed E-state index contributed by atoms with van der Waals surface area (Å²) < 4.78 is 12.3. The Hall–Kier alpha value is -4.22. The van der Waals surface area contributed by atoms with Gasteiger partial charge in [-0.15, -0.1) is 5.10 Å². The van der Waals surface area contributed by atoms with Crippen LogP contribution in [0.3, 0.4) is 0 Å². The van der Waals surface area contributed by atoms with E-state index in [1.165, 1.54) is 4.68 Å². The molecule has 4 rings (SSSR count). The van der Waals surface area contributed by atoms with Crippen molar-refractivity contribution in [1.29, 1.82) is 0 Å². The number of aryl methyl sites for hydroxylation is 1. The molecule has 16 nitrogen and oxygen atoms in total. The maximum Gasteiger partial charge on any atom is 0.352 e. The molecule has 2 aliphatic heterocycles. The van der Waals surface area contributed by atoms with Crippen molar-refractivity contribution in [1.82, 2.24) is 30.4 Å². The number of hydrogen-bond donors (Lipinski definition) is 5. The van der Waals surface area contributed by atoms with Gasteiger partial charge >= 0.3 is 11.9 Å². The van der Waals surface area contributed by atoms with Gasteiger partial charge in [-0.2, -0.15) is 0 Å². The number of aromatic hydroxyl groups is 2. The van der Waals surface area contributed by atoms with Crippen LogP contribution in [0.4, 0.5) is 0 Å². The highest BCUT2D eigenvalue weighted by Gasteiger charge is 2.68. The molecule has 0 radical (unpaired) electrons. The molecule has 0 spiro atoms. The first-order valence-electron chi connectivity index (χ1n) is 10.4. The van der Waals surface area contributed by atoms with Gasteiger partial charge in [0.15, 0.2) is 23.6 Å². The molecule has 0 bridgehead atoms. The summed E-state index contributed by atoms with van der Waals surface area (Å²) in [5.74, 6) is -8.26. The molecule has 2 aromatic rings. The van der Waals surface area contributed by atoms with Crippen LogP contribution >= 0.6 is 11.8 Å². The van der Waals surface area contributed by atoms with E-state index >= 15 is 0 Å². The van der Waals surface area contributed by atoms with Gasteiger partial charge in [-0.3, -0.25) is 19.3 Å². The van der Waals surface area contributed by atoms with E-state index in [0.717, 1.165) is 42.0 Å². The third-order valence-corrected chi connectivity index (χ3v) is 6.84. The number of aromatic nitrogens is 4. The van der Waals surface area contributed by atoms with E-state index in [2.05, 4.69) is 20.8 Å². The monoisotopic (exact) mass is 536 g/mol. The van der Waals surface area contributed by atoms with Crippen LogP contribution in [0.15, 0.2) is 34.6 Å². The Labute approximate surface area is 211 Å². The largest absolute Gasteiger partial charge is 0.504 e. The predicted octanol–water partition coefficient (Wildman–Crippen LogP) is -1.42. The summed E-state index contributed by atoms with van der Waals surface area (Å²) in [4.78, 5) is 51.0. The van der Waals surface area contributed by atoms with Crippen LogP contribution in [-0.2, 0) is 35.7 Å². The van der Waals surface area contributed by atoms with Crippen molar-refractivity contribution in [3.05, 3.63) is 35.0 Å². The molecule has 17 heteroatoms. The van der Waals surface area contributed by atoms with E-state index in [1.807, 2.05) is 0 Å². The summed E-state index contributed by atoms with van der Waals surface area (Å²) in [5, 5.41) is 52.3. The molecule has 2 aliphatic rings. The van der Waals surface area contributed by atoms with Crippen molar-refractivity contribution in [3.8, 4) is 11.5 Å². The van der Waals surface area contributed by atoms with Crippen LogP contribution in [0.1, 0.15) is 11.5 Å². The summed E-state index contributed by atoms with van der Waals surface area (Å²) in [6, 6.07) is 3.00. The number of benzene rings is 1. The minimum absolute atomic E-state index is 0.0735. The Bertz CT molecular complexity index is 1330. The lowest BCUT2D eigenvalue weighted by Gasteiger charge is -2.55. The lowest BCUT2D eigenvalue weighted by Crippen LogP contribution is -2.82. The van der Waals surface area contributed by atoms with E-state index in [4.69, 9.17) is 9.47 Å². The highest BCUT2D eigenvalue weighted by molar-refractivity contribution is 7.99. The van der Waals surface area contributed by atoms with Crippen LogP contribution in [0.5, 0.6) is 11.5 Å². The Morgan fingerprint density at radius 2 is 2.03 bits per heavy atom. The van der Waals surface area contributed by atoms with E-state index in [-0.39, 0.29) is 29.2 Å². The zero-order valence-corrected chi connectivity index (χ0v) is 20.0. The molecule has 3 heterocycles. The fourth-order valence-electron chi connectivity index (χ4n) is 3.93. The van der Waals surface area contributed by atoms with Gasteiger partial charge in [0.1, 0.15) is 5.70 Å². The number of amides is 2. The molecule has 1 saturated heterocycles. The number of carboxylic acid groups (broad SMARTS) is 2. The van der Waals surface area contributed by atoms with Gasteiger partial charge in [-0.25, -0.2) is 9.48 Å². The number of carbonyl (C=O) groups is 4. The first-order chi connectivity index (χ1) is 17.5. The van der Waals surface area contributed by atoms with Gasteiger partial charge in [0.05, 0.1) is 6.61 Å². The molecule has 37 heavy (non-hydrogen) atoms. The third kappa shape index (κ3) is 4.32. The van der Waals surface area contributed by atoms with E-state index in [9.17, 15) is 39.6 Å². The second-order valence-electron chi connectivity index (χ2n) is 7.92. The van der Waals surface area contributed by atoms with Crippen molar-refractivity contribution < 1.29 is 49.1 Å². The number of tetrazole rings is 1. The fourth-order valence-corrected chi connectivity index (χ4v) is 4.77. The molecular weight excluding hydrogens is 516 g/mol. The minimum Gasteiger partial charge on any atom is -0.504 e. The molecule has 1 fully saturated rings. The molecule has 0 saturated carbocycles. The van der Waals surface area contributed by atoms with E-state index in [0.29, 0.717) is 5.16 Å². The number of nitrogens with zero attached hydrogens (tertiary/aromatic N) is 5. The maximum absolute atomic E-state index is 13.2. The average Bonchev–Trinajstić information content (AvgIpc) is 3.26. The first kappa shape index (κ1) is 25.9. The molecule has 5 N–H and O–H groups in total. The van der Waals surface area contributed by atoms with Gasteiger partial charge in [0.2, 0.25) is 11.1 Å². The standard InChI is InChI=1S/C20H20N6O10S/c1-25-19(22-23-24-25)37-7-9-6-36-18-20(35-2,17(34)26(18)13(9)16(32)33)21-14(29)12(15(30)31)8-3-4-10(27)11(28)5-8/h3-5,12,18,27-28H,6-7H2,1-2H3,(H,21,29)(H,30,31)(H,32,33)/t12?,18-,20+/m1/s1. The van der Waals surface area contributed by atoms with E-state index in [1.54, 1.807) is 7.05 Å². The van der Waals surface area contributed by atoms with Crippen LogP contribution in [0.25, 0.3) is 0 Å². The number of fused-ring (bicyclic) bond motifs is 1. The molecule has 1 aromatic heterocycles. The molecule has 1 aromatic carbocycles. The quantitative estimate of drug-likeness (QED) is 0.0815. The second-order valence-corrected chi connectivity index (χ2v) is 8.86. The topological polar surface area (TPSA) is 227 Å². The average molecular weight is 536 g/mol. The number of aliphatic carboxylic acids is 2. The maximum atomic E-state index is 13.2. The molecule has 2 amide bonds. The summed E-state index contributed by atoms with van der Waals surface area (Å²) in [6.07, 6.45) is -1.41. The Morgan fingerprint density at radius 3 is 2.59 bits per heavy atom. The number of phenolic OH excluding ortho intramolecular Hbond substituents is 2. The summed E-state index contributed by atoms with van der Waals surface area (Å²) >= 11 is 1.12. The van der Waals surface area contributed by atoms with Crippen LogP contribution < -0.4 is 5.32 Å². The lowest BCUT2D eigenvalue weighted by atomic mass is 9.92. The van der Waals surface area contributed by atoms with Gasteiger partial charge in [-0.1, -0.05) is 17.8 Å². The smallest absolute Gasteiger partial charge is 0.352 e. The molecular formula is C20H20N6O10S. The normalized spacial score (nSPS) is 21.7. The van der Waals surface area contributed by atoms with Crippen LogP contribution in [0.2, 0.25) is 0 Å². The summed E-state index contributed by atoms with van der Waals surface area (Å²) in [6.45, 7) is -0.246. The predicted molar refractivity (Wildman–Crippen MR) is 119 cm³/mol. The first-order valence-corrected chi connectivity index (χ1v) is 11.4. The SMILES string of the molecule is CO[C@@]1(NC(=O)C(C(=O)O)c2ccc(O)c(O)c2)C(=O)N2C(C(=O)O)=C(CSc3nnnn3C)CO[C@@H]21. The summed E-state index contributed by atoms with van der Waals surface area (Å²) in [7, 11) is 2.67. The number of nitrogens with one attached hydrogen (secondary N) is 1. The summed E-state index contributed by atoms with van der Waals surface area (Å²) in [5.41, 5.74) is -2.53. The van der Waals surface area contributed by atoms with E-state index < -0.39 is 53.1 Å². The number of thioether (sulfide) groups is 1. The number of carbonyl (C=O) groups excluding carboxylic acids is 2. The van der Waals surface area contributed by atoms with Gasteiger partial charge < -0.3 is 35.2 Å². The number of phenols is 2.